The van der Waals surface area contributed by atoms with Crippen LogP contribution in [0.5, 0.6) is 0 Å². The molecule has 0 spiro atoms. The molecule has 0 bridgehead atoms. The van der Waals surface area contributed by atoms with E-state index in [1.54, 1.807) is 12.1 Å². The Morgan fingerprint density at radius 2 is 1.88 bits per heavy atom. The van der Waals surface area contributed by atoms with E-state index in [0.717, 1.165) is 41.0 Å². The summed E-state index contributed by atoms with van der Waals surface area (Å²) in [5.74, 6) is -0.485. The molecule has 32 heavy (non-hydrogen) atoms. The second-order valence-electron chi connectivity index (χ2n) is 7.88. The molecule has 164 valence electrons. The van der Waals surface area contributed by atoms with Crippen molar-refractivity contribution in [3.05, 3.63) is 59.7 Å². The number of fused-ring (bicyclic) bond motifs is 1. The number of benzene rings is 2. The van der Waals surface area contributed by atoms with Gasteiger partial charge >= 0.3 is 5.97 Å². The van der Waals surface area contributed by atoms with Gasteiger partial charge in [0.2, 0.25) is 0 Å². The van der Waals surface area contributed by atoms with E-state index in [2.05, 4.69) is 21.4 Å². The smallest absolute Gasteiger partial charge is 0.338 e. The van der Waals surface area contributed by atoms with Crippen LogP contribution in [0.4, 0.5) is 0 Å². The van der Waals surface area contributed by atoms with Crippen molar-refractivity contribution in [3.8, 4) is 6.07 Å². The minimum Gasteiger partial charge on any atom is -0.452 e. The Labute approximate surface area is 190 Å². The molecule has 1 saturated carbocycles. The van der Waals surface area contributed by atoms with Gasteiger partial charge < -0.3 is 15.0 Å². The van der Waals surface area contributed by atoms with Gasteiger partial charge in [0, 0.05) is 5.75 Å². The number of imidazole rings is 1. The van der Waals surface area contributed by atoms with Crippen LogP contribution in [-0.4, -0.2) is 34.0 Å². The molecule has 8 heteroatoms. The highest BCUT2D eigenvalue weighted by atomic mass is 32.2. The first-order chi connectivity index (χ1) is 15.6. The molecule has 1 fully saturated rings. The molecule has 7 nitrogen and oxygen atoms in total. The number of carbonyl (C=O) groups is 2. The molecule has 2 aromatic carbocycles. The predicted molar refractivity (Wildman–Crippen MR) is 122 cm³/mol. The molecule has 4 rings (SSSR count). The zero-order valence-corrected chi connectivity index (χ0v) is 18.4. The number of aromatic amines is 1. The fraction of sp³-hybridized carbons (Fsp3) is 0.333. The van der Waals surface area contributed by atoms with Crippen LogP contribution in [0, 0.1) is 11.3 Å². The van der Waals surface area contributed by atoms with Crippen molar-refractivity contribution in [2.45, 2.75) is 48.6 Å². The van der Waals surface area contributed by atoms with E-state index in [-0.39, 0.29) is 0 Å². The summed E-state index contributed by atoms with van der Waals surface area (Å²) < 4.78 is 5.27. The van der Waals surface area contributed by atoms with E-state index in [1.807, 2.05) is 36.4 Å². The molecular weight excluding hydrogens is 424 g/mol. The summed E-state index contributed by atoms with van der Waals surface area (Å²) in [6.45, 7) is -0.409. The van der Waals surface area contributed by atoms with Gasteiger partial charge in [0.25, 0.3) is 5.91 Å². The SMILES string of the molecule is N#CC1(NC(=O)COC(=O)c2ccccc2CSc2nc3ccccc3[nH]2)CCCCC1. The highest BCUT2D eigenvalue weighted by Gasteiger charge is 2.33. The van der Waals surface area contributed by atoms with Crippen LogP contribution >= 0.6 is 11.8 Å². The molecule has 0 saturated heterocycles. The molecule has 0 radical (unpaired) electrons. The van der Waals surface area contributed by atoms with Crippen molar-refractivity contribution in [1.82, 2.24) is 15.3 Å². The molecule has 3 aromatic rings. The Morgan fingerprint density at radius 3 is 2.66 bits per heavy atom. The molecule has 1 aromatic heterocycles. The lowest BCUT2D eigenvalue weighted by atomic mass is 9.83. The minimum atomic E-state index is -0.844. The first kappa shape index (κ1) is 21.9. The molecule has 1 aliphatic carbocycles. The Kier molecular flexibility index (Phi) is 6.76. The van der Waals surface area contributed by atoms with Gasteiger partial charge in [-0.25, -0.2) is 9.78 Å². The normalized spacial score (nSPS) is 15.1. The van der Waals surface area contributed by atoms with Gasteiger partial charge in [-0.3, -0.25) is 4.79 Å². The number of para-hydroxylation sites is 2. The van der Waals surface area contributed by atoms with Crippen LogP contribution in [-0.2, 0) is 15.3 Å². The average Bonchev–Trinajstić information content (AvgIpc) is 3.25. The Balaban J connectivity index is 1.35. The summed E-state index contributed by atoms with van der Waals surface area (Å²) in [7, 11) is 0. The number of thioether (sulfide) groups is 1. The first-order valence-electron chi connectivity index (χ1n) is 10.6. The van der Waals surface area contributed by atoms with Crippen molar-refractivity contribution >= 4 is 34.7 Å². The first-order valence-corrected chi connectivity index (χ1v) is 11.6. The van der Waals surface area contributed by atoms with Crippen LogP contribution in [0.3, 0.4) is 0 Å². The van der Waals surface area contributed by atoms with E-state index in [1.165, 1.54) is 11.8 Å². The maximum Gasteiger partial charge on any atom is 0.338 e. The zero-order chi connectivity index (χ0) is 22.4. The van der Waals surface area contributed by atoms with E-state index in [4.69, 9.17) is 4.74 Å². The Bertz CT molecular complexity index is 1130. The van der Waals surface area contributed by atoms with Gasteiger partial charge in [-0.1, -0.05) is 61.4 Å². The lowest BCUT2D eigenvalue weighted by Crippen LogP contribution is -2.50. The molecule has 1 heterocycles. The van der Waals surface area contributed by atoms with E-state index < -0.39 is 24.0 Å². The standard InChI is InChI=1S/C24H24N4O3S/c25-16-24(12-6-1-7-13-24)28-21(29)14-31-22(30)18-9-3-2-8-17(18)15-32-23-26-19-10-4-5-11-20(19)27-23/h2-5,8-11H,1,6-7,12-15H2,(H,26,27)(H,28,29). The average molecular weight is 449 g/mol. The van der Waals surface area contributed by atoms with Gasteiger partial charge in [-0.2, -0.15) is 5.26 Å². The fourth-order valence-corrected chi connectivity index (χ4v) is 4.81. The van der Waals surface area contributed by atoms with Gasteiger partial charge in [0.1, 0.15) is 5.54 Å². The number of nitrogens with one attached hydrogen (secondary N) is 2. The van der Waals surface area contributed by atoms with Crippen LogP contribution in [0.2, 0.25) is 0 Å². The lowest BCUT2D eigenvalue weighted by Gasteiger charge is -2.31. The predicted octanol–water partition coefficient (Wildman–Crippen LogP) is 4.35. The van der Waals surface area contributed by atoms with Crippen LogP contribution in [0.25, 0.3) is 11.0 Å². The lowest BCUT2D eigenvalue weighted by molar-refractivity contribution is -0.125. The Morgan fingerprint density at radius 1 is 1.12 bits per heavy atom. The summed E-state index contributed by atoms with van der Waals surface area (Å²) in [5, 5.41) is 13.0. The molecule has 1 amide bonds. The summed E-state index contributed by atoms with van der Waals surface area (Å²) >= 11 is 1.49. The summed E-state index contributed by atoms with van der Waals surface area (Å²) in [5.41, 5.74) is 2.22. The van der Waals surface area contributed by atoms with E-state index in [0.29, 0.717) is 24.2 Å². The largest absolute Gasteiger partial charge is 0.452 e. The van der Waals surface area contributed by atoms with Gasteiger partial charge in [-0.15, -0.1) is 0 Å². The zero-order valence-electron chi connectivity index (χ0n) is 17.6. The fourth-order valence-electron chi connectivity index (χ4n) is 3.92. The van der Waals surface area contributed by atoms with Crippen molar-refractivity contribution in [3.63, 3.8) is 0 Å². The number of nitriles is 1. The maximum absolute atomic E-state index is 12.7. The van der Waals surface area contributed by atoms with Crippen LogP contribution in [0.1, 0.15) is 48.0 Å². The highest BCUT2D eigenvalue weighted by molar-refractivity contribution is 7.98. The van der Waals surface area contributed by atoms with Gasteiger partial charge in [-0.05, 0) is 36.6 Å². The van der Waals surface area contributed by atoms with Gasteiger partial charge in [0.15, 0.2) is 11.8 Å². The number of nitrogens with zero attached hydrogens (tertiary/aromatic N) is 2. The second kappa shape index (κ2) is 9.88. The number of amides is 1. The summed E-state index contributed by atoms with van der Waals surface area (Å²) in [6, 6.07) is 17.2. The molecule has 0 atom stereocenters. The number of rotatable bonds is 7. The van der Waals surface area contributed by atoms with Crippen molar-refractivity contribution in [1.29, 1.82) is 5.26 Å². The number of esters is 1. The van der Waals surface area contributed by atoms with Gasteiger partial charge in [0.05, 0.1) is 22.7 Å². The molecular formula is C24H24N4O3S. The van der Waals surface area contributed by atoms with Crippen LogP contribution < -0.4 is 5.32 Å². The van der Waals surface area contributed by atoms with Crippen LogP contribution in [0.15, 0.2) is 53.7 Å². The number of carbonyl (C=O) groups excluding carboxylic acids is 2. The second-order valence-corrected chi connectivity index (χ2v) is 8.85. The summed E-state index contributed by atoms with van der Waals surface area (Å²) in [6.07, 6.45) is 4.14. The minimum absolute atomic E-state index is 0.409. The van der Waals surface area contributed by atoms with E-state index in [9.17, 15) is 14.9 Å². The number of H-pyrrole nitrogens is 1. The third-order valence-corrected chi connectivity index (χ3v) is 6.53. The number of ether oxygens (including phenoxy) is 1. The molecule has 0 unspecified atom stereocenters. The molecule has 0 aliphatic heterocycles. The monoisotopic (exact) mass is 448 g/mol. The third kappa shape index (κ3) is 5.11. The Hall–Kier alpha value is -3.31. The molecule has 1 aliphatic rings. The van der Waals surface area contributed by atoms with Crippen molar-refractivity contribution in [2.24, 2.45) is 0 Å². The maximum atomic E-state index is 12.7. The number of hydrogen-bond donors (Lipinski definition) is 2. The third-order valence-electron chi connectivity index (χ3n) is 5.60. The number of aromatic nitrogens is 2. The quantitative estimate of drug-likeness (QED) is 0.411. The van der Waals surface area contributed by atoms with E-state index >= 15 is 0 Å². The summed E-state index contributed by atoms with van der Waals surface area (Å²) in [4.78, 5) is 32.8. The molecule has 2 N–H and O–H groups in total. The topological polar surface area (TPSA) is 108 Å². The van der Waals surface area contributed by atoms with Crippen molar-refractivity contribution in [2.75, 3.05) is 6.61 Å². The van der Waals surface area contributed by atoms with Crippen molar-refractivity contribution < 1.29 is 14.3 Å². The number of hydrogen-bond acceptors (Lipinski definition) is 6. The highest BCUT2D eigenvalue weighted by Crippen LogP contribution is 2.28.